The molecule has 2 heteroatoms. The maximum absolute atomic E-state index is 4.31. The van der Waals surface area contributed by atoms with Crippen molar-refractivity contribution in [3.8, 4) is 0 Å². The number of imidazole rings is 1. The minimum Gasteiger partial charge on any atom is -0.348 e. The van der Waals surface area contributed by atoms with E-state index < -0.39 is 0 Å². The zero-order chi connectivity index (χ0) is 9.52. The van der Waals surface area contributed by atoms with E-state index in [2.05, 4.69) is 23.8 Å². The van der Waals surface area contributed by atoms with Gasteiger partial charge >= 0.3 is 0 Å². The van der Waals surface area contributed by atoms with Gasteiger partial charge in [0.05, 0.1) is 0 Å². The molecule has 0 spiro atoms. The van der Waals surface area contributed by atoms with Crippen molar-refractivity contribution in [1.82, 2.24) is 9.97 Å². The van der Waals surface area contributed by atoms with Gasteiger partial charge in [0, 0.05) is 18.3 Å². The van der Waals surface area contributed by atoms with Gasteiger partial charge in [0.15, 0.2) is 0 Å². The SMILES string of the molecule is CCCCCC(CC)c1ncc[nH]1. The van der Waals surface area contributed by atoms with Crippen molar-refractivity contribution in [3.63, 3.8) is 0 Å². The second-order valence-corrected chi connectivity index (χ2v) is 3.58. The van der Waals surface area contributed by atoms with E-state index in [1.54, 1.807) is 0 Å². The van der Waals surface area contributed by atoms with Gasteiger partial charge in [-0.05, 0) is 12.8 Å². The Balaban J connectivity index is 2.35. The molecule has 0 fully saturated rings. The topological polar surface area (TPSA) is 28.7 Å². The standard InChI is InChI=1S/C11H20N2/c1-3-5-6-7-10(4-2)11-12-8-9-13-11/h8-10H,3-7H2,1-2H3,(H,12,13). The van der Waals surface area contributed by atoms with Gasteiger partial charge in [-0.2, -0.15) is 0 Å². The Labute approximate surface area is 80.8 Å². The lowest BCUT2D eigenvalue weighted by atomic mass is 9.98. The molecule has 1 unspecified atom stereocenters. The molecule has 74 valence electrons. The molecule has 1 rings (SSSR count). The van der Waals surface area contributed by atoms with Crippen LogP contribution in [0.25, 0.3) is 0 Å². The Morgan fingerprint density at radius 2 is 2.23 bits per heavy atom. The molecule has 1 heterocycles. The second-order valence-electron chi connectivity index (χ2n) is 3.58. The van der Waals surface area contributed by atoms with Gasteiger partial charge in [-0.25, -0.2) is 4.98 Å². The van der Waals surface area contributed by atoms with Crippen LogP contribution in [0.15, 0.2) is 12.4 Å². The third-order valence-electron chi connectivity index (χ3n) is 2.56. The third kappa shape index (κ3) is 3.21. The minimum atomic E-state index is 0.640. The maximum atomic E-state index is 4.31. The Morgan fingerprint density at radius 1 is 1.38 bits per heavy atom. The number of hydrogen-bond donors (Lipinski definition) is 1. The molecular weight excluding hydrogens is 160 g/mol. The highest BCUT2D eigenvalue weighted by Crippen LogP contribution is 2.22. The summed E-state index contributed by atoms with van der Waals surface area (Å²) in [6.45, 7) is 4.48. The summed E-state index contributed by atoms with van der Waals surface area (Å²) >= 11 is 0. The van der Waals surface area contributed by atoms with E-state index in [1.165, 1.54) is 37.9 Å². The monoisotopic (exact) mass is 180 g/mol. The van der Waals surface area contributed by atoms with Gasteiger partial charge in [0.2, 0.25) is 0 Å². The molecule has 0 aromatic carbocycles. The molecule has 0 bridgehead atoms. The molecule has 1 N–H and O–H groups in total. The van der Waals surface area contributed by atoms with Crippen molar-refractivity contribution in [2.75, 3.05) is 0 Å². The molecule has 2 nitrogen and oxygen atoms in total. The third-order valence-corrected chi connectivity index (χ3v) is 2.56. The van der Waals surface area contributed by atoms with E-state index in [9.17, 15) is 0 Å². The first-order valence-electron chi connectivity index (χ1n) is 5.37. The first-order valence-corrected chi connectivity index (χ1v) is 5.37. The second kappa shape index (κ2) is 5.79. The predicted octanol–water partition coefficient (Wildman–Crippen LogP) is 3.48. The van der Waals surface area contributed by atoms with Crippen LogP contribution >= 0.6 is 0 Å². The number of aromatic nitrogens is 2. The van der Waals surface area contributed by atoms with Crippen LogP contribution in [0.5, 0.6) is 0 Å². The Bertz CT molecular complexity index is 204. The molecule has 1 atom stereocenters. The van der Waals surface area contributed by atoms with Crippen LogP contribution in [0.3, 0.4) is 0 Å². The Morgan fingerprint density at radius 3 is 2.77 bits per heavy atom. The summed E-state index contributed by atoms with van der Waals surface area (Å²) in [7, 11) is 0. The first-order chi connectivity index (χ1) is 6.38. The van der Waals surface area contributed by atoms with Crippen LogP contribution in [0.4, 0.5) is 0 Å². The van der Waals surface area contributed by atoms with Crippen LogP contribution in [0, 0.1) is 0 Å². The quantitative estimate of drug-likeness (QED) is 0.667. The fourth-order valence-electron chi connectivity index (χ4n) is 1.68. The zero-order valence-corrected chi connectivity index (χ0v) is 8.71. The molecule has 0 aliphatic rings. The molecule has 0 aliphatic heterocycles. The molecule has 1 aromatic heterocycles. The number of aromatic amines is 1. The molecule has 0 radical (unpaired) electrons. The van der Waals surface area contributed by atoms with Gasteiger partial charge in [0.1, 0.15) is 5.82 Å². The summed E-state index contributed by atoms with van der Waals surface area (Å²) in [4.78, 5) is 7.51. The molecule has 0 saturated heterocycles. The van der Waals surface area contributed by atoms with Gasteiger partial charge in [-0.3, -0.25) is 0 Å². The summed E-state index contributed by atoms with van der Waals surface area (Å²) in [5, 5.41) is 0. The van der Waals surface area contributed by atoms with E-state index in [4.69, 9.17) is 0 Å². The van der Waals surface area contributed by atoms with Crippen LogP contribution in [0.1, 0.15) is 57.7 Å². The van der Waals surface area contributed by atoms with E-state index >= 15 is 0 Å². The number of hydrogen-bond acceptors (Lipinski definition) is 1. The Hall–Kier alpha value is -0.790. The highest BCUT2D eigenvalue weighted by Gasteiger charge is 2.10. The van der Waals surface area contributed by atoms with Crippen molar-refractivity contribution >= 4 is 0 Å². The van der Waals surface area contributed by atoms with Crippen LogP contribution in [-0.4, -0.2) is 9.97 Å². The van der Waals surface area contributed by atoms with E-state index in [0.29, 0.717) is 5.92 Å². The average molecular weight is 180 g/mol. The van der Waals surface area contributed by atoms with E-state index in [1.807, 2.05) is 12.4 Å². The van der Waals surface area contributed by atoms with Crippen molar-refractivity contribution < 1.29 is 0 Å². The fourth-order valence-corrected chi connectivity index (χ4v) is 1.68. The van der Waals surface area contributed by atoms with Crippen molar-refractivity contribution in [3.05, 3.63) is 18.2 Å². The molecule has 13 heavy (non-hydrogen) atoms. The summed E-state index contributed by atoms with van der Waals surface area (Å²) in [6, 6.07) is 0. The lowest BCUT2D eigenvalue weighted by Gasteiger charge is -2.11. The highest BCUT2D eigenvalue weighted by molar-refractivity contribution is 4.95. The lowest BCUT2D eigenvalue weighted by molar-refractivity contribution is 0.534. The average Bonchev–Trinajstić information content (AvgIpc) is 2.65. The lowest BCUT2D eigenvalue weighted by Crippen LogP contribution is -1.99. The number of nitrogens with zero attached hydrogens (tertiary/aromatic N) is 1. The minimum absolute atomic E-state index is 0.640. The van der Waals surface area contributed by atoms with Gasteiger partial charge < -0.3 is 4.98 Å². The molecule has 0 aliphatic carbocycles. The van der Waals surface area contributed by atoms with Gasteiger partial charge in [0.25, 0.3) is 0 Å². The van der Waals surface area contributed by atoms with Crippen LogP contribution in [0.2, 0.25) is 0 Å². The number of nitrogens with one attached hydrogen (secondary N) is 1. The highest BCUT2D eigenvalue weighted by atomic mass is 14.9. The number of rotatable bonds is 6. The molecule has 1 aromatic rings. The van der Waals surface area contributed by atoms with E-state index in [0.717, 1.165) is 0 Å². The van der Waals surface area contributed by atoms with Crippen LogP contribution in [-0.2, 0) is 0 Å². The summed E-state index contributed by atoms with van der Waals surface area (Å²) in [5.41, 5.74) is 0. The van der Waals surface area contributed by atoms with Crippen molar-refractivity contribution in [2.45, 2.75) is 51.9 Å². The smallest absolute Gasteiger partial charge is 0.109 e. The summed E-state index contributed by atoms with van der Waals surface area (Å²) in [5.74, 6) is 1.81. The van der Waals surface area contributed by atoms with E-state index in [-0.39, 0.29) is 0 Å². The van der Waals surface area contributed by atoms with Crippen LogP contribution < -0.4 is 0 Å². The van der Waals surface area contributed by atoms with Gasteiger partial charge in [-0.1, -0.05) is 33.1 Å². The largest absolute Gasteiger partial charge is 0.348 e. The van der Waals surface area contributed by atoms with Crippen molar-refractivity contribution in [1.29, 1.82) is 0 Å². The predicted molar refractivity (Wildman–Crippen MR) is 55.8 cm³/mol. The molecular formula is C11H20N2. The molecule has 0 amide bonds. The maximum Gasteiger partial charge on any atom is 0.109 e. The fraction of sp³-hybridized carbons (Fsp3) is 0.727. The molecule has 0 saturated carbocycles. The summed E-state index contributed by atoms with van der Waals surface area (Å²) < 4.78 is 0. The van der Waals surface area contributed by atoms with Gasteiger partial charge in [-0.15, -0.1) is 0 Å². The zero-order valence-electron chi connectivity index (χ0n) is 8.71. The summed E-state index contributed by atoms with van der Waals surface area (Å²) in [6.07, 6.45) is 10.2. The van der Waals surface area contributed by atoms with Crippen molar-refractivity contribution in [2.24, 2.45) is 0 Å². The Kier molecular flexibility index (Phi) is 4.58. The normalized spacial score (nSPS) is 13.1. The number of H-pyrrole nitrogens is 1. The first kappa shape index (κ1) is 10.3. The number of unbranched alkanes of at least 4 members (excludes halogenated alkanes) is 2.